The van der Waals surface area contributed by atoms with Gasteiger partial charge in [0.05, 0.1) is 33.4 Å². The fourth-order valence-corrected chi connectivity index (χ4v) is 1.85. The number of benzene rings is 1. The van der Waals surface area contributed by atoms with Crippen molar-refractivity contribution in [2.45, 2.75) is 13.0 Å². The van der Waals surface area contributed by atoms with E-state index in [4.69, 9.17) is 13.9 Å². The smallest absolute Gasteiger partial charge is 0.224 e. The van der Waals surface area contributed by atoms with E-state index in [2.05, 4.69) is 5.32 Å². The van der Waals surface area contributed by atoms with Gasteiger partial charge in [0.15, 0.2) is 0 Å². The summed E-state index contributed by atoms with van der Waals surface area (Å²) in [5.41, 5.74) is 0.781. The van der Waals surface area contributed by atoms with Gasteiger partial charge in [-0.1, -0.05) is 0 Å². The van der Waals surface area contributed by atoms with Gasteiger partial charge in [-0.25, -0.2) is 0 Å². The van der Waals surface area contributed by atoms with Gasteiger partial charge >= 0.3 is 0 Å². The van der Waals surface area contributed by atoms with Crippen LogP contribution in [0.15, 0.2) is 41.0 Å². The first-order chi connectivity index (χ1) is 9.72. The highest BCUT2D eigenvalue weighted by molar-refractivity contribution is 5.79. The van der Waals surface area contributed by atoms with Crippen molar-refractivity contribution in [3.8, 4) is 11.5 Å². The Bertz CT molecular complexity index is 563. The maximum absolute atomic E-state index is 11.9. The fraction of sp³-hybridized carbons (Fsp3) is 0.267. The van der Waals surface area contributed by atoms with Gasteiger partial charge in [-0.2, -0.15) is 0 Å². The number of nitrogens with one attached hydrogen (secondary N) is 1. The van der Waals surface area contributed by atoms with Gasteiger partial charge in [0.2, 0.25) is 5.91 Å². The van der Waals surface area contributed by atoms with Crippen LogP contribution in [0.1, 0.15) is 11.3 Å². The summed E-state index contributed by atoms with van der Waals surface area (Å²) >= 11 is 0. The molecule has 0 saturated carbocycles. The molecule has 0 aliphatic carbocycles. The molecule has 0 aliphatic heterocycles. The maximum Gasteiger partial charge on any atom is 0.224 e. The lowest BCUT2D eigenvalue weighted by molar-refractivity contribution is -0.120. The van der Waals surface area contributed by atoms with E-state index < -0.39 is 0 Å². The minimum absolute atomic E-state index is 0.104. The summed E-state index contributed by atoms with van der Waals surface area (Å²) in [5.74, 6) is 1.97. The molecule has 1 amide bonds. The van der Waals surface area contributed by atoms with Crippen molar-refractivity contribution in [2.24, 2.45) is 0 Å². The van der Waals surface area contributed by atoms with Crippen molar-refractivity contribution < 1.29 is 18.7 Å². The Labute approximate surface area is 117 Å². The van der Waals surface area contributed by atoms with E-state index in [1.165, 1.54) is 0 Å². The maximum atomic E-state index is 11.9. The largest absolute Gasteiger partial charge is 0.497 e. The monoisotopic (exact) mass is 275 g/mol. The molecular weight excluding hydrogens is 258 g/mol. The average molecular weight is 275 g/mol. The van der Waals surface area contributed by atoms with Crippen molar-refractivity contribution in [1.82, 2.24) is 5.32 Å². The van der Waals surface area contributed by atoms with Crippen LogP contribution in [-0.4, -0.2) is 20.1 Å². The number of methoxy groups -OCH3 is 2. The highest BCUT2D eigenvalue weighted by Gasteiger charge is 2.10. The molecule has 0 fully saturated rings. The van der Waals surface area contributed by atoms with Crippen LogP contribution >= 0.6 is 0 Å². The zero-order valence-corrected chi connectivity index (χ0v) is 11.5. The number of ether oxygens (including phenoxy) is 2. The highest BCUT2D eigenvalue weighted by Crippen LogP contribution is 2.24. The molecule has 0 aliphatic rings. The molecule has 0 unspecified atom stereocenters. The van der Waals surface area contributed by atoms with Gasteiger partial charge in [-0.15, -0.1) is 0 Å². The quantitative estimate of drug-likeness (QED) is 0.877. The number of hydrogen-bond acceptors (Lipinski definition) is 4. The van der Waals surface area contributed by atoms with Crippen molar-refractivity contribution >= 4 is 5.91 Å². The van der Waals surface area contributed by atoms with Gasteiger partial charge in [-0.05, 0) is 30.3 Å². The van der Waals surface area contributed by atoms with E-state index in [-0.39, 0.29) is 12.3 Å². The second-order valence-corrected chi connectivity index (χ2v) is 4.21. The summed E-state index contributed by atoms with van der Waals surface area (Å²) in [4.78, 5) is 11.9. The van der Waals surface area contributed by atoms with Crippen LogP contribution < -0.4 is 14.8 Å². The molecule has 0 saturated heterocycles. The third-order valence-corrected chi connectivity index (χ3v) is 2.88. The molecule has 20 heavy (non-hydrogen) atoms. The molecule has 0 spiro atoms. The minimum atomic E-state index is -0.104. The van der Waals surface area contributed by atoms with E-state index in [1.807, 2.05) is 6.07 Å². The van der Waals surface area contributed by atoms with Crippen LogP contribution in [-0.2, 0) is 17.8 Å². The van der Waals surface area contributed by atoms with Gasteiger partial charge in [0.25, 0.3) is 0 Å². The molecule has 5 heteroatoms. The number of hydrogen-bond donors (Lipinski definition) is 1. The molecule has 0 radical (unpaired) electrons. The van der Waals surface area contributed by atoms with Crippen LogP contribution in [0.2, 0.25) is 0 Å². The lowest BCUT2D eigenvalue weighted by atomic mass is 10.1. The van der Waals surface area contributed by atoms with Crippen LogP contribution in [0.3, 0.4) is 0 Å². The summed E-state index contributed by atoms with van der Waals surface area (Å²) in [6.07, 6.45) is 1.80. The molecule has 2 aromatic rings. The molecule has 1 aromatic carbocycles. The van der Waals surface area contributed by atoms with Crippen LogP contribution in [0, 0.1) is 0 Å². The zero-order chi connectivity index (χ0) is 14.4. The normalized spacial score (nSPS) is 10.1. The Morgan fingerprint density at radius 3 is 2.75 bits per heavy atom. The molecule has 1 heterocycles. The molecule has 1 N–H and O–H groups in total. The molecular formula is C15H17NO4. The number of rotatable bonds is 6. The second kappa shape index (κ2) is 6.65. The zero-order valence-electron chi connectivity index (χ0n) is 11.5. The summed E-state index contributed by atoms with van der Waals surface area (Å²) in [6, 6.07) is 8.97. The second-order valence-electron chi connectivity index (χ2n) is 4.21. The van der Waals surface area contributed by atoms with Crippen molar-refractivity contribution in [2.75, 3.05) is 14.2 Å². The minimum Gasteiger partial charge on any atom is -0.497 e. The Hall–Kier alpha value is -2.43. The van der Waals surface area contributed by atoms with Crippen LogP contribution in [0.25, 0.3) is 0 Å². The predicted octanol–water partition coefficient (Wildman–Crippen LogP) is 2.16. The Balaban J connectivity index is 1.99. The van der Waals surface area contributed by atoms with Crippen molar-refractivity contribution in [3.63, 3.8) is 0 Å². The summed E-state index contributed by atoms with van der Waals surface area (Å²) in [7, 11) is 3.16. The van der Waals surface area contributed by atoms with E-state index >= 15 is 0 Å². The Kier molecular flexibility index (Phi) is 4.65. The molecule has 0 atom stereocenters. The Morgan fingerprint density at radius 2 is 2.10 bits per heavy atom. The predicted molar refractivity (Wildman–Crippen MR) is 73.8 cm³/mol. The molecule has 106 valence electrons. The first-order valence-corrected chi connectivity index (χ1v) is 6.23. The van der Waals surface area contributed by atoms with Crippen LogP contribution in [0.5, 0.6) is 11.5 Å². The van der Waals surface area contributed by atoms with E-state index in [0.29, 0.717) is 18.0 Å². The molecule has 5 nitrogen and oxygen atoms in total. The van der Waals surface area contributed by atoms with Gasteiger partial charge < -0.3 is 19.2 Å². The Morgan fingerprint density at radius 1 is 1.25 bits per heavy atom. The number of carbonyl (C=O) groups is 1. The van der Waals surface area contributed by atoms with E-state index in [1.54, 1.807) is 44.7 Å². The topological polar surface area (TPSA) is 60.7 Å². The molecule has 1 aromatic heterocycles. The first-order valence-electron chi connectivity index (χ1n) is 6.23. The third kappa shape index (κ3) is 3.54. The standard InChI is InChI=1S/C15H17NO4/c1-18-12-5-6-14(19-2)11(8-12)9-15(17)16-10-13-4-3-7-20-13/h3-8H,9-10H2,1-2H3,(H,16,17). The number of furan rings is 1. The average Bonchev–Trinajstić information content (AvgIpc) is 2.98. The highest BCUT2D eigenvalue weighted by atomic mass is 16.5. The first kappa shape index (κ1) is 14.0. The summed E-state index contributed by atoms with van der Waals surface area (Å²) < 4.78 is 15.6. The summed E-state index contributed by atoms with van der Waals surface area (Å²) in [5, 5.41) is 2.79. The van der Waals surface area contributed by atoms with Gasteiger partial charge in [-0.3, -0.25) is 4.79 Å². The summed E-state index contributed by atoms with van der Waals surface area (Å²) in [6.45, 7) is 0.373. The third-order valence-electron chi connectivity index (χ3n) is 2.88. The number of carbonyl (C=O) groups excluding carboxylic acids is 1. The molecule has 2 rings (SSSR count). The van der Waals surface area contributed by atoms with Gasteiger partial charge in [0, 0.05) is 5.56 Å². The van der Waals surface area contributed by atoms with Gasteiger partial charge in [0.1, 0.15) is 17.3 Å². The van der Waals surface area contributed by atoms with Crippen molar-refractivity contribution in [1.29, 1.82) is 0 Å². The lowest BCUT2D eigenvalue weighted by Crippen LogP contribution is -2.24. The lowest BCUT2D eigenvalue weighted by Gasteiger charge is -2.10. The van der Waals surface area contributed by atoms with E-state index in [0.717, 1.165) is 11.3 Å². The molecule has 0 bridgehead atoms. The van der Waals surface area contributed by atoms with E-state index in [9.17, 15) is 4.79 Å². The van der Waals surface area contributed by atoms with Crippen LogP contribution in [0.4, 0.5) is 0 Å². The fourth-order valence-electron chi connectivity index (χ4n) is 1.85. The van der Waals surface area contributed by atoms with Crippen molar-refractivity contribution in [3.05, 3.63) is 47.9 Å². The number of amides is 1. The SMILES string of the molecule is COc1ccc(OC)c(CC(=O)NCc2ccco2)c1.